The maximum absolute atomic E-state index is 2.70. The van der Waals surface area contributed by atoms with Crippen LogP contribution < -0.4 is 0 Å². The molecule has 0 unspecified atom stereocenters. The monoisotopic (exact) mass is 799 g/mol. The first-order chi connectivity index (χ1) is 25.2. The van der Waals surface area contributed by atoms with Gasteiger partial charge in [-0.15, -0.1) is 58.8 Å². The zero-order valence-electron chi connectivity index (χ0n) is 34.9. The highest BCUT2D eigenvalue weighted by Crippen LogP contribution is 2.49. The van der Waals surface area contributed by atoms with E-state index in [9.17, 15) is 0 Å². The Morgan fingerprint density at radius 3 is 0.745 bits per heavy atom. The van der Waals surface area contributed by atoms with Gasteiger partial charge in [-0.1, -0.05) is 195 Å². The largest absolute Gasteiger partial charge is 0.125 e. The van der Waals surface area contributed by atoms with Crippen molar-refractivity contribution in [1.29, 1.82) is 0 Å². The number of rotatable bonds is 40. The minimum Gasteiger partial charge on any atom is -0.125 e. The maximum Gasteiger partial charge on any atom is 0.0367 e. The van der Waals surface area contributed by atoms with Crippen LogP contribution in [0.1, 0.15) is 227 Å². The first kappa shape index (κ1) is 50.0. The van der Waals surface area contributed by atoms with Gasteiger partial charge in [0.15, 0.2) is 0 Å². The molecule has 51 heavy (non-hydrogen) atoms. The van der Waals surface area contributed by atoms with Crippen molar-refractivity contribution in [2.24, 2.45) is 0 Å². The summed E-state index contributed by atoms with van der Waals surface area (Å²) in [5, 5.41) is 0. The van der Waals surface area contributed by atoms with Gasteiger partial charge in [0.2, 0.25) is 0 Å². The fourth-order valence-corrected chi connectivity index (χ4v) is 13.2. The second-order valence-corrected chi connectivity index (χ2v) is 20.5. The summed E-state index contributed by atoms with van der Waals surface area (Å²) in [6.45, 7) is 11.7. The number of benzene rings is 1. The molecule has 1 aromatic rings. The van der Waals surface area contributed by atoms with Gasteiger partial charge in [-0.05, 0) is 66.9 Å². The SMILES string of the molecule is CCCCCCCCSc1cc(SCCCCCCCC)c(SCCCCCCCC)c(SCCCCCCCC)c1SCCCCCCCC. The first-order valence-electron chi connectivity index (χ1n) is 22.6. The Morgan fingerprint density at radius 1 is 0.255 bits per heavy atom. The lowest BCUT2D eigenvalue weighted by Gasteiger charge is -2.22. The van der Waals surface area contributed by atoms with Gasteiger partial charge in [-0.3, -0.25) is 0 Å². The Kier molecular flexibility index (Phi) is 38.4. The van der Waals surface area contributed by atoms with Gasteiger partial charge in [0.1, 0.15) is 0 Å². The molecule has 300 valence electrons. The van der Waals surface area contributed by atoms with E-state index in [1.807, 2.05) is 0 Å². The summed E-state index contributed by atoms with van der Waals surface area (Å²) in [7, 11) is 0. The zero-order chi connectivity index (χ0) is 36.9. The van der Waals surface area contributed by atoms with Crippen LogP contribution in [0.25, 0.3) is 0 Å². The quantitative estimate of drug-likeness (QED) is 0.0478. The fraction of sp³-hybridized carbons (Fsp3) is 0.870. The van der Waals surface area contributed by atoms with Gasteiger partial charge >= 0.3 is 0 Å². The van der Waals surface area contributed by atoms with Crippen molar-refractivity contribution >= 4 is 58.8 Å². The molecule has 0 aliphatic carbocycles. The lowest BCUT2D eigenvalue weighted by atomic mass is 10.1. The van der Waals surface area contributed by atoms with E-state index in [0.29, 0.717) is 0 Å². The third kappa shape index (κ3) is 28.1. The lowest BCUT2D eigenvalue weighted by molar-refractivity contribution is 0.626. The van der Waals surface area contributed by atoms with Gasteiger partial charge in [0, 0.05) is 24.5 Å². The van der Waals surface area contributed by atoms with E-state index in [4.69, 9.17) is 0 Å². The molecule has 0 bridgehead atoms. The number of hydrogen-bond donors (Lipinski definition) is 0. The van der Waals surface area contributed by atoms with Gasteiger partial charge in [0.25, 0.3) is 0 Å². The number of unbranched alkanes of at least 4 members (excludes halogenated alkanes) is 25. The normalized spacial score (nSPS) is 11.6. The molecule has 0 saturated heterocycles. The lowest BCUT2D eigenvalue weighted by Crippen LogP contribution is -1.97. The molecule has 1 aromatic carbocycles. The standard InChI is InChI=1S/C46H86S5/c1-6-11-16-21-26-31-36-47-42-41-43(48-37-32-27-22-17-12-7-2)45(50-39-34-29-24-19-14-9-4)46(51-40-35-30-25-20-15-10-5)44(42)49-38-33-28-23-18-13-8-3/h41H,6-40H2,1-5H3. The third-order valence-electron chi connectivity index (χ3n) is 9.87. The van der Waals surface area contributed by atoms with Crippen LogP contribution >= 0.6 is 58.8 Å². The summed E-state index contributed by atoms with van der Waals surface area (Å²) in [6, 6.07) is 2.70. The van der Waals surface area contributed by atoms with Gasteiger partial charge in [-0.2, -0.15) is 0 Å². The van der Waals surface area contributed by atoms with Crippen LogP contribution in [0.15, 0.2) is 30.5 Å². The minimum absolute atomic E-state index is 1.28. The first-order valence-corrected chi connectivity index (χ1v) is 27.5. The van der Waals surface area contributed by atoms with E-state index in [2.05, 4.69) is 99.5 Å². The molecule has 0 N–H and O–H groups in total. The van der Waals surface area contributed by atoms with Crippen molar-refractivity contribution in [2.45, 2.75) is 252 Å². The molecule has 0 heterocycles. The number of thioether (sulfide) groups is 5. The van der Waals surface area contributed by atoms with Crippen molar-refractivity contribution in [3.05, 3.63) is 6.07 Å². The van der Waals surface area contributed by atoms with Crippen molar-refractivity contribution in [1.82, 2.24) is 0 Å². The summed E-state index contributed by atoms with van der Waals surface area (Å²) in [6.07, 6.45) is 41.8. The molecule has 1 rings (SSSR count). The Labute approximate surface area is 343 Å². The maximum atomic E-state index is 2.70. The molecule has 0 nitrogen and oxygen atoms in total. The van der Waals surface area contributed by atoms with Gasteiger partial charge in [0.05, 0.1) is 0 Å². The summed E-state index contributed by atoms with van der Waals surface area (Å²) in [5.74, 6) is 6.42. The Hall–Kier alpha value is 0.970. The molecule has 0 saturated carbocycles. The zero-order valence-corrected chi connectivity index (χ0v) is 38.9. The highest BCUT2D eigenvalue weighted by molar-refractivity contribution is 8.05. The molecule has 0 spiro atoms. The summed E-state index contributed by atoms with van der Waals surface area (Å²) >= 11 is 11.2. The van der Waals surface area contributed by atoms with Gasteiger partial charge in [-0.25, -0.2) is 0 Å². The van der Waals surface area contributed by atoms with Crippen molar-refractivity contribution in [2.75, 3.05) is 28.8 Å². The molecule has 0 fully saturated rings. The van der Waals surface area contributed by atoms with Crippen LogP contribution in [-0.2, 0) is 0 Å². The molecule has 0 atom stereocenters. The molecular weight excluding hydrogens is 713 g/mol. The molecule has 5 heteroatoms. The Morgan fingerprint density at radius 2 is 0.471 bits per heavy atom. The van der Waals surface area contributed by atoms with E-state index < -0.39 is 0 Å². The van der Waals surface area contributed by atoms with E-state index in [1.54, 1.807) is 24.5 Å². The highest BCUT2D eigenvalue weighted by atomic mass is 32.2. The van der Waals surface area contributed by atoms with Crippen LogP contribution in [0.2, 0.25) is 0 Å². The van der Waals surface area contributed by atoms with Crippen LogP contribution in [-0.4, -0.2) is 28.8 Å². The second-order valence-electron chi connectivity index (χ2n) is 14.9. The van der Waals surface area contributed by atoms with E-state index >= 15 is 0 Å². The second kappa shape index (κ2) is 39.2. The third-order valence-corrected chi connectivity index (χ3v) is 16.2. The topological polar surface area (TPSA) is 0 Å². The average molecular weight is 800 g/mol. The Balaban J connectivity index is 3.29. The predicted molar refractivity (Wildman–Crippen MR) is 247 cm³/mol. The van der Waals surface area contributed by atoms with Gasteiger partial charge < -0.3 is 0 Å². The van der Waals surface area contributed by atoms with Crippen LogP contribution in [0, 0.1) is 0 Å². The van der Waals surface area contributed by atoms with Crippen LogP contribution in [0.5, 0.6) is 0 Å². The predicted octanol–water partition coefficient (Wildman–Crippen LogP) is 18.9. The molecule has 0 aliphatic heterocycles. The molecular formula is C46H86S5. The smallest absolute Gasteiger partial charge is 0.0367 e. The Bertz CT molecular complexity index is 813. The average Bonchev–Trinajstić information content (AvgIpc) is 3.14. The van der Waals surface area contributed by atoms with Crippen molar-refractivity contribution < 1.29 is 0 Å². The summed E-state index contributed by atoms with van der Waals surface area (Å²) in [4.78, 5) is 8.28. The highest BCUT2D eigenvalue weighted by Gasteiger charge is 2.21. The number of hydrogen-bond acceptors (Lipinski definition) is 5. The van der Waals surface area contributed by atoms with Crippen molar-refractivity contribution in [3.8, 4) is 0 Å². The minimum atomic E-state index is 1.28. The molecule has 0 radical (unpaired) electrons. The van der Waals surface area contributed by atoms with E-state index in [0.717, 1.165) is 0 Å². The molecule has 0 aliphatic rings. The van der Waals surface area contributed by atoms with Crippen molar-refractivity contribution in [3.63, 3.8) is 0 Å². The summed E-state index contributed by atoms with van der Waals surface area (Å²) in [5.41, 5.74) is 0. The van der Waals surface area contributed by atoms with E-state index in [1.165, 1.54) is 221 Å². The molecule has 0 amide bonds. The van der Waals surface area contributed by atoms with E-state index in [-0.39, 0.29) is 0 Å². The molecule has 0 aromatic heterocycles. The summed E-state index contributed by atoms with van der Waals surface area (Å²) < 4.78 is 0. The van der Waals surface area contributed by atoms with Crippen LogP contribution in [0.4, 0.5) is 0 Å². The fourth-order valence-electron chi connectivity index (χ4n) is 6.49. The van der Waals surface area contributed by atoms with Crippen LogP contribution in [0.3, 0.4) is 0 Å².